The molecule has 1 aromatic rings. The molecule has 0 saturated carbocycles. The number of benzene rings is 1. The van der Waals surface area contributed by atoms with Gasteiger partial charge in [-0.25, -0.2) is 0 Å². The summed E-state index contributed by atoms with van der Waals surface area (Å²) in [5, 5.41) is 3.75. The van der Waals surface area contributed by atoms with Crippen LogP contribution in [0, 0.1) is 0 Å². The molecule has 0 fully saturated rings. The van der Waals surface area contributed by atoms with Crippen LogP contribution in [-0.2, 0) is 4.79 Å². The second kappa shape index (κ2) is 5.81. The third-order valence-corrected chi connectivity index (χ3v) is 2.60. The van der Waals surface area contributed by atoms with Crippen molar-refractivity contribution in [3.8, 4) is 5.75 Å². The molecule has 0 spiro atoms. The summed E-state index contributed by atoms with van der Waals surface area (Å²) in [5.41, 5.74) is -0.293. The zero-order chi connectivity index (χ0) is 13.9. The number of hydrogen-bond donors (Lipinski definition) is 1. The number of hydrogen-bond acceptors (Lipinski definition) is 2. The van der Waals surface area contributed by atoms with Gasteiger partial charge < -0.3 is 10.1 Å². The van der Waals surface area contributed by atoms with Crippen LogP contribution >= 0.6 is 23.2 Å². The molecule has 18 heavy (non-hydrogen) atoms. The van der Waals surface area contributed by atoms with E-state index in [9.17, 15) is 4.79 Å². The maximum atomic E-state index is 11.8. The third kappa shape index (κ3) is 4.75. The molecular weight excluding hydrogens is 273 g/mol. The first kappa shape index (κ1) is 15.1. The summed E-state index contributed by atoms with van der Waals surface area (Å²) in [7, 11) is 0. The van der Waals surface area contributed by atoms with Gasteiger partial charge in [0.25, 0.3) is 5.91 Å². The average molecular weight is 290 g/mol. The Hall–Kier alpha value is -0.930. The number of ether oxygens (including phenoxy) is 1. The molecule has 0 unspecified atom stereocenters. The Morgan fingerprint density at radius 1 is 1.33 bits per heavy atom. The zero-order valence-electron chi connectivity index (χ0n) is 10.9. The highest BCUT2D eigenvalue weighted by Crippen LogP contribution is 2.28. The van der Waals surface area contributed by atoms with Crippen LogP contribution in [0.5, 0.6) is 5.75 Å². The molecule has 1 atom stereocenters. The summed E-state index contributed by atoms with van der Waals surface area (Å²) in [6.07, 6.45) is -0.622. The van der Waals surface area contributed by atoms with Gasteiger partial charge in [-0.2, -0.15) is 0 Å². The molecule has 100 valence electrons. The smallest absolute Gasteiger partial charge is 0.261 e. The number of nitrogens with one attached hydrogen (secondary N) is 1. The van der Waals surface area contributed by atoms with Gasteiger partial charge in [-0.15, -0.1) is 0 Å². The van der Waals surface area contributed by atoms with E-state index >= 15 is 0 Å². The number of carbonyl (C=O) groups excluding carboxylic acids is 1. The van der Waals surface area contributed by atoms with Crippen molar-refractivity contribution in [2.75, 3.05) is 0 Å². The minimum absolute atomic E-state index is 0.187. The van der Waals surface area contributed by atoms with Gasteiger partial charge in [-0.05, 0) is 45.9 Å². The number of rotatable bonds is 3. The first-order chi connectivity index (χ1) is 8.19. The zero-order valence-corrected chi connectivity index (χ0v) is 12.4. The predicted molar refractivity (Wildman–Crippen MR) is 74.4 cm³/mol. The molecule has 0 aromatic heterocycles. The Balaban J connectivity index is 2.69. The van der Waals surface area contributed by atoms with Gasteiger partial charge in [-0.3, -0.25) is 4.79 Å². The van der Waals surface area contributed by atoms with E-state index < -0.39 is 6.10 Å². The van der Waals surface area contributed by atoms with Gasteiger partial charge in [0.15, 0.2) is 6.10 Å². The Kier molecular flexibility index (Phi) is 4.88. The van der Waals surface area contributed by atoms with E-state index in [-0.39, 0.29) is 11.4 Å². The summed E-state index contributed by atoms with van der Waals surface area (Å²) in [5.74, 6) is 0.256. The first-order valence-corrected chi connectivity index (χ1v) is 6.38. The Bertz CT molecular complexity index is 441. The van der Waals surface area contributed by atoms with Crippen molar-refractivity contribution in [1.29, 1.82) is 0 Å². The van der Waals surface area contributed by atoms with Crippen LogP contribution in [0.4, 0.5) is 0 Å². The molecule has 1 N–H and O–H groups in total. The lowest BCUT2D eigenvalue weighted by atomic mass is 10.1. The molecule has 0 bridgehead atoms. The largest absolute Gasteiger partial charge is 0.479 e. The van der Waals surface area contributed by atoms with Crippen molar-refractivity contribution in [1.82, 2.24) is 5.32 Å². The molecule has 0 aliphatic rings. The van der Waals surface area contributed by atoms with E-state index in [2.05, 4.69) is 5.32 Å². The average Bonchev–Trinajstić information content (AvgIpc) is 2.19. The lowest BCUT2D eigenvalue weighted by Crippen LogP contribution is -2.46. The molecule has 0 aliphatic carbocycles. The van der Waals surface area contributed by atoms with Crippen LogP contribution in [-0.4, -0.2) is 17.6 Å². The van der Waals surface area contributed by atoms with E-state index in [1.165, 1.54) is 0 Å². The van der Waals surface area contributed by atoms with Crippen LogP contribution in [0.25, 0.3) is 0 Å². The number of carbonyl (C=O) groups is 1. The molecule has 1 rings (SSSR count). The van der Waals surface area contributed by atoms with Crippen molar-refractivity contribution < 1.29 is 9.53 Å². The summed E-state index contributed by atoms with van der Waals surface area (Å²) in [6, 6.07) is 4.88. The van der Waals surface area contributed by atoms with E-state index in [1.807, 2.05) is 20.8 Å². The van der Waals surface area contributed by atoms with Gasteiger partial charge >= 0.3 is 0 Å². The molecule has 0 aliphatic heterocycles. The van der Waals surface area contributed by atoms with Crippen LogP contribution in [0.2, 0.25) is 10.0 Å². The lowest BCUT2D eigenvalue weighted by molar-refractivity contribution is -0.128. The first-order valence-electron chi connectivity index (χ1n) is 5.63. The second-order valence-electron chi connectivity index (χ2n) is 5.07. The predicted octanol–water partition coefficient (Wildman–Crippen LogP) is 3.68. The molecule has 1 amide bonds. The Labute approximate surface area is 117 Å². The highest BCUT2D eigenvalue weighted by Gasteiger charge is 2.21. The van der Waals surface area contributed by atoms with Gasteiger partial charge in [0.05, 0.1) is 5.02 Å². The summed E-state index contributed by atoms with van der Waals surface area (Å²) >= 11 is 11.8. The number of amides is 1. The summed E-state index contributed by atoms with van der Waals surface area (Å²) in [4.78, 5) is 11.8. The molecule has 0 radical (unpaired) electrons. The van der Waals surface area contributed by atoms with E-state index in [4.69, 9.17) is 27.9 Å². The maximum Gasteiger partial charge on any atom is 0.261 e. The topological polar surface area (TPSA) is 38.3 Å². The van der Waals surface area contributed by atoms with Crippen LogP contribution in [0.15, 0.2) is 18.2 Å². The standard InChI is InChI=1S/C13H17Cl2NO2/c1-8(12(17)16-13(2,3)4)18-11-6-5-9(14)7-10(11)15/h5-8H,1-4H3,(H,16,17)/t8-/m1/s1. The summed E-state index contributed by atoms with van der Waals surface area (Å²) in [6.45, 7) is 7.40. The monoisotopic (exact) mass is 289 g/mol. The van der Waals surface area contributed by atoms with Gasteiger partial charge in [0, 0.05) is 10.6 Å². The van der Waals surface area contributed by atoms with Gasteiger partial charge in [0.1, 0.15) is 5.75 Å². The molecule has 0 saturated heterocycles. The highest BCUT2D eigenvalue weighted by atomic mass is 35.5. The normalized spacial score (nSPS) is 13.0. The molecule has 0 heterocycles. The third-order valence-electron chi connectivity index (χ3n) is 2.07. The fraction of sp³-hybridized carbons (Fsp3) is 0.462. The minimum atomic E-state index is -0.622. The quantitative estimate of drug-likeness (QED) is 0.922. The SMILES string of the molecule is C[C@@H](Oc1ccc(Cl)cc1Cl)C(=O)NC(C)(C)C. The fourth-order valence-corrected chi connectivity index (χ4v) is 1.74. The minimum Gasteiger partial charge on any atom is -0.479 e. The Morgan fingerprint density at radius 2 is 1.94 bits per heavy atom. The van der Waals surface area contributed by atoms with Crippen molar-refractivity contribution in [3.63, 3.8) is 0 Å². The summed E-state index contributed by atoms with van der Waals surface area (Å²) < 4.78 is 5.51. The van der Waals surface area contributed by atoms with Crippen molar-refractivity contribution >= 4 is 29.1 Å². The molecule has 1 aromatic carbocycles. The van der Waals surface area contributed by atoms with Crippen LogP contribution in [0.1, 0.15) is 27.7 Å². The molecule has 5 heteroatoms. The van der Waals surface area contributed by atoms with Gasteiger partial charge in [0.2, 0.25) is 0 Å². The number of halogens is 2. The van der Waals surface area contributed by atoms with E-state index in [0.717, 1.165) is 0 Å². The van der Waals surface area contributed by atoms with Crippen LogP contribution in [0.3, 0.4) is 0 Å². The highest BCUT2D eigenvalue weighted by molar-refractivity contribution is 6.35. The van der Waals surface area contributed by atoms with Crippen molar-refractivity contribution in [2.45, 2.75) is 39.3 Å². The lowest BCUT2D eigenvalue weighted by Gasteiger charge is -2.23. The molecule has 3 nitrogen and oxygen atoms in total. The van der Waals surface area contributed by atoms with E-state index in [0.29, 0.717) is 15.8 Å². The fourth-order valence-electron chi connectivity index (χ4n) is 1.29. The molecular formula is C13H17Cl2NO2. The Morgan fingerprint density at radius 3 is 2.44 bits per heavy atom. The van der Waals surface area contributed by atoms with E-state index in [1.54, 1.807) is 25.1 Å². The van der Waals surface area contributed by atoms with Gasteiger partial charge in [-0.1, -0.05) is 23.2 Å². The van der Waals surface area contributed by atoms with Crippen molar-refractivity contribution in [3.05, 3.63) is 28.2 Å². The second-order valence-corrected chi connectivity index (χ2v) is 5.92. The van der Waals surface area contributed by atoms with Crippen molar-refractivity contribution in [2.24, 2.45) is 0 Å². The maximum absolute atomic E-state index is 11.8. The van der Waals surface area contributed by atoms with Crippen LogP contribution < -0.4 is 10.1 Å².